The highest BCUT2D eigenvalue weighted by molar-refractivity contribution is 6.74. The van der Waals surface area contributed by atoms with Crippen LogP contribution >= 0.6 is 0 Å². The van der Waals surface area contributed by atoms with Crippen LogP contribution in [-0.2, 0) is 13.6 Å². The van der Waals surface area contributed by atoms with Crippen LogP contribution in [0, 0.1) is 0 Å². The van der Waals surface area contributed by atoms with Crippen molar-refractivity contribution in [1.82, 2.24) is 9.80 Å². The number of carbonyl (C=O) groups is 3. The van der Waals surface area contributed by atoms with E-state index >= 15 is 0 Å². The molecule has 0 aliphatic carbocycles. The quantitative estimate of drug-likeness (QED) is 0.0584. The lowest BCUT2D eigenvalue weighted by Gasteiger charge is -2.38. The van der Waals surface area contributed by atoms with Gasteiger partial charge in [-0.1, -0.05) is 78.5 Å². The Morgan fingerprint density at radius 3 is 1.76 bits per heavy atom. The third-order valence-corrected chi connectivity index (χ3v) is 21.9. The molecule has 0 bridgehead atoms. The molecule has 2 aliphatic rings. The number of hydrogen-bond donors (Lipinski definition) is 1. The summed E-state index contributed by atoms with van der Waals surface area (Å²) in [6.07, 6.45) is 13.7. The SMILES string of the molecule is C=CCOC(=O)N(C(=O)N1C=C(C=CC)CC1CO[Si](C)(C)C(C)(C)C)c1ccc(OC)c(OCCCOc2cc(N)c(C(=O)N3C=C(C=CC)CC3CO[Si](C)(C)C(C)(C)C)cc2OC)c1. The molecule has 2 heterocycles. The molecule has 0 fully saturated rings. The molecule has 2 aliphatic heterocycles. The molecule has 16 heteroatoms. The smallest absolute Gasteiger partial charge is 0.423 e. The molecule has 2 atom stereocenters. The van der Waals surface area contributed by atoms with Crippen LogP contribution in [-0.4, -0.2) is 104 Å². The van der Waals surface area contributed by atoms with Gasteiger partial charge in [0.25, 0.3) is 5.91 Å². The van der Waals surface area contributed by atoms with Gasteiger partial charge in [-0.15, -0.1) is 0 Å². The van der Waals surface area contributed by atoms with Crippen LogP contribution in [0.4, 0.5) is 21.0 Å². The van der Waals surface area contributed by atoms with Crippen LogP contribution in [0.25, 0.3) is 0 Å². The zero-order valence-corrected chi connectivity index (χ0v) is 44.4. The number of nitrogens with two attached hydrogens (primary N) is 1. The van der Waals surface area contributed by atoms with Crippen LogP contribution in [0.15, 0.2) is 90.8 Å². The van der Waals surface area contributed by atoms with Gasteiger partial charge in [0.1, 0.15) is 6.61 Å². The number of rotatable bonds is 20. The van der Waals surface area contributed by atoms with Crippen LogP contribution in [0.5, 0.6) is 23.0 Å². The Hall–Kier alpha value is -5.30. The number of amides is 4. The fourth-order valence-corrected chi connectivity index (χ4v) is 9.02. The number of ether oxygens (including phenoxy) is 5. The third-order valence-electron chi connectivity index (χ3n) is 12.9. The second-order valence-electron chi connectivity index (χ2n) is 19.8. The zero-order valence-electron chi connectivity index (χ0n) is 42.4. The average molecular weight is 961 g/mol. The molecular weight excluding hydrogens is 885 g/mol. The first-order valence-corrected chi connectivity index (χ1v) is 28.8. The minimum atomic E-state index is -2.17. The molecule has 2 unspecified atom stereocenters. The number of carbonyl (C=O) groups excluding carboxylic acids is 3. The Morgan fingerprint density at radius 1 is 0.761 bits per heavy atom. The summed E-state index contributed by atoms with van der Waals surface area (Å²) >= 11 is 0. The Bertz CT molecular complexity index is 2200. The van der Waals surface area contributed by atoms with E-state index in [0.29, 0.717) is 61.0 Å². The monoisotopic (exact) mass is 961 g/mol. The molecule has 0 spiro atoms. The normalized spacial score (nSPS) is 16.9. The summed E-state index contributed by atoms with van der Waals surface area (Å²) in [5.74, 6) is 1.16. The Morgan fingerprint density at radius 2 is 1.27 bits per heavy atom. The van der Waals surface area contributed by atoms with E-state index < -0.39 is 28.8 Å². The number of anilines is 2. The summed E-state index contributed by atoms with van der Waals surface area (Å²) in [4.78, 5) is 46.7. The van der Waals surface area contributed by atoms with Gasteiger partial charge in [-0.3, -0.25) is 9.69 Å². The summed E-state index contributed by atoms with van der Waals surface area (Å²) < 4.78 is 42.3. The maximum atomic E-state index is 14.5. The molecule has 4 amide bonds. The molecule has 2 N–H and O–H groups in total. The molecule has 0 saturated carbocycles. The Kier molecular flexibility index (Phi) is 18.8. The van der Waals surface area contributed by atoms with E-state index in [2.05, 4.69) is 74.3 Å². The maximum Gasteiger partial charge on any atom is 0.423 e. The predicted octanol–water partition coefficient (Wildman–Crippen LogP) is 11.6. The molecule has 2 aromatic carbocycles. The standard InChI is InChI=1S/C51H76N4O10Si2/c1-16-20-36-27-39(34-64-66(12,13)50(4,5)6)53(32-36)47(56)41-30-44(60-11)46(31-42(41)52)62-26-19-25-61-45-29-38(22-23-43(45)59-10)55(49(58)63-24-18-3)48(57)54-33-37(21-17-2)28-40(54)35-65-67(14,15)51(7,8)9/h16-18,20-23,29-33,39-40H,3,19,24-28,34-35,52H2,1-2,4-15H3. The lowest BCUT2D eigenvalue weighted by molar-refractivity contribution is 0.0738. The highest BCUT2D eigenvalue weighted by Crippen LogP contribution is 2.40. The minimum absolute atomic E-state index is 0.0260. The second kappa shape index (κ2) is 23.1. The lowest BCUT2D eigenvalue weighted by atomic mass is 10.1. The fourth-order valence-electron chi connectivity index (χ4n) is 6.94. The molecule has 368 valence electrons. The molecule has 4 rings (SSSR count). The van der Waals surface area contributed by atoms with Gasteiger partial charge in [0.15, 0.2) is 39.6 Å². The number of nitrogens with zero attached hydrogens (tertiary/aromatic N) is 3. The molecule has 67 heavy (non-hydrogen) atoms. The number of hydrogen-bond acceptors (Lipinski definition) is 11. The maximum absolute atomic E-state index is 14.5. The number of allylic oxidation sites excluding steroid dienone is 4. The van der Waals surface area contributed by atoms with Gasteiger partial charge < -0.3 is 43.2 Å². The third kappa shape index (κ3) is 13.7. The summed E-state index contributed by atoms with van der Waals surface area (Å²) in [5, 5.41) is -0.00715. The molecule has 14 nitrogen and oxygen atoms in total. The first-order chi connectivity index (χ1) is 31.4. The van der Waals surface area contributed by atoms with Gasteiger partial charge in [0.2, 0.25) is 0 Å². The first kappa shape index (κ1) is 54.3. The minimum Gasteiger partial charge on any atom is -0.493 e. The van der Waals surface area contributed by atoms with Crippen molar-refractivity contribution in [3.63, 3.8) is 0 Å². The molecule has 0 radical (unpaired) electrons. The summed E-state index contributed by atoms with van der Waals surface area (Å²) in [7, 11) is -1.22. The van der Waals surface area contributed by atoms with Crippen molar-refractivity contribution < 1.29 is 46.9 Å². The largest absolute Gasteiger partial charge is 0.493 e. The van der Waals surface area contributed by atoms with Gasteiger partial charge in [-0.2, -0.15) is 4.90 Å². The van der Waals surface area contributed by atoms with Gasteiger partial charge >= 0.3 is 12.1 Å². The van der Waals surface area contributed by atoms with Crippen molar-refractivity contribution >= 4 is 46.0 Å². The summed E-state index contributed by atoms with van der Waals surface area (Å²) in [6, 6.07) is 6.87. The zero-order chi connectivity index (χ0) is 49.9. The van der Waals surface area contributed by atoms with E-state index in [0.717, 1.165) is 16.0 Å². The predicted molar refractivity (Wildman–Crippen MR) is 272 cm³/mol. The molecular formula is C51H76N4O10Si2. The number of urea groups is 1. The Labute approximate surface area is 401 Å². The topological polar surface area (TPSA) is 152 Å². The van der Waals surface area contributed by atoms with E-state index in [1.807, 2.05) is 44.4 Å². The van der Waals surface area contributed by atoms with E-state index in [-0.39, 0.29) is 59.3 Å². The summed E-state index contributed by atoms with van der Waals surface area (Å²) in [5.41, 5.74) is 9.28. The van der Waals surface area contributed by atoms with Crippen LogP contribution in [0.1, 0.15) is 85.0 Å². The highest BCUT2D eigenvalue weighted by atomic mass is 28.4. The summed E-state index contributed by atoms with van der Waals surface area (Å²) in [6.45, 7) is 30.4. The van der Waals surface area contributed by atoms with Gasteiger partial charge in [-0.05, 0) is 92.3 Å². The van der Waals surface area contributed by atoms with Gasteiger partial charge in [0, 0.05) is 36.6 Å². The fraction of sp³-hybridized carbons (Fsp3) is 0.510. The van der Waals surface area contributed by atoms with Crippen molar-refractivity contribution in [3.05, 3.63) is 96.4 Å². The number of benzene rings is 2. The van der Waals surface area contributed by atoms with Crippen molar-refractivity contribution in [2.24, 2.45) is 0 Å². The molecule has 2 aromatic rings. The number of methoxy groups -OCH3 is 2. The van der Waals surface area contributed by atoms with Crippen LogP contribution in [0.3, 0.4) is 0 Å². The second-order valence-corrected chi connectivity index (χ2v) is 29.5. The Balaban J connectivity index is 1.50. The average Bonchev–Trinajstić information content (AvgIpc) is 3.87. The van der Waals surface area contributed by atoms with E-state index in [1.165, 1.54) is 20.3 Å². The molecule has 0 aromatic heterocycles. The molecule has 0 saturated heterocycles. The van der Waals surface area contributed by atoms with Gasteiger partial charge in [0.05, 0.1) is 64.0 Å². The lowest BCUT2D eigenvalue weighted by Crippen LogP contribution is -2.50. The first-order valence-electron chi connectivity index (χ1n) is 23.0. The number of imide groups is 1. The van der Waals surface area contributed by atoms with Crippen LogP contribution in [0.2, 0.25) is 36.3 Å². The van der Waals surface area contributed by atoms with E-state index in [9.17, 15) is 14.4 Å². The van der Waals surface area contributed by atoms with E-state index in [4.69, 9.17) is 38.3 Å². The van der Waals surface area contributed by atoms with E-state index in [1.54, 1.807) is 46.3 Å². The van der Waals surface area contributed by atoms with Crippen molar-refractivity contribution in [3.8, 4) is 23.0 Å². The number of nitrogen functional groups attached to an aromatic ring is 1. The van der Waals surface area contributed by atoms with Crippen molar-refractivity contribution in [1.29, 1.82) is 0 Å². The van der Waals surface area contributed by atoms with Crippen LogP contribution < -0.4 is 29.6 Å². The highest BCUT2D eigenvalue weighted by Gasteiger charge is 2.42. The van der Waals surface area contributed by atoms with Gasteiger partial charge in [-0.25, -0.2) is 9.59 Å². The van der Waals surface area contributed by atoms with Crippen molar-refractivity contribution in [2.75, 3.05) is 57.9 Å². The van der Waals surface area contributed by atoms with Crippen molar-refractivity contribution in [2.45, 2.75) is 123 Å².